The minimum atomic E-state index is -2.57. The van der Waals surface area contributed by atoms with E-state index in [4.69, 9.17) is 31.3 Å². The van der Waals surface area contributed by atoms with Crippen LogP contribution in [0, 0.1) is 17.8 Å². The zero-order valence-corrected chi connectivity index (χ0v) is 28.4. The Labute approximate surface area is 294 Å². The summed E-state index contributed by atoms with van der Waals surface area (Å²) in [5.74, 6) is -4.95. The lowest BCUT2D eigenvalue weighted by Crippen LogP contribution is -2.66. The fourth-order valence-corrected chi connectivity index (χ4v) is 9.00. The second kappa shape index (κ2) is 12.8. The molecule has 3 aromatic carbocycles. The van der Waals surface area contributed by atoms with Gasteiger partial charge in [0.1, 0.15) is 24.5 Å². The Morgan fingerprint density at radius 3 is 2.38 bits per heavy atom. The van der Waals surface area contributed by atoms with E-state index in [-0.39, 0.29) is 54.9 Å². The zero-order valence-electron chi connectivity index (χ0n) is 27.6. The van der Waals surface area contributed by atoms with Crippen molar-refractivity contribution >= 4 is 29.0 Å². The van der Waals surface area contributed by atoms with Crippen LogP contribution < -0.4 is 15.2 Å². The third-order valence-corrected chi connectivity index (χ3v) is 11.6. The van der Waals surface area contributed by atoms with Crippen molar-refractivity contribution in [2.24, 2.45) is 23.5 Å². The van der Waals surface area contributed by atoms with Gasteiger partial charge in [-0.15, -0.1) is 0 Å². The third kappa shape index (κ3) is 5.11. The summed E-state index contributed by atoms with van der Waals surface area (Å²) in [6.45, 7) is 4.19. The number of hydrogen-bond acceptors (Lipinski definition) is 10. The number of ether oxygens (including phenoxy) is 2. The van der Waals surface area contributed by atoms with E-state index >= 15 is 0 Å². The molecule has 1 saturated heterocycles. The van der Waals surface area contributed by atoms with E-state index < -0.39 is 46.7 Å². The summed E-state index contributed by atoms with van der Waals surface area (Å²) in [7, 11) is 0. The highest BCUT2D eigenvalue weighted by Crippen LogP contribution is 2.55. The Morgan fingerprint density at radius 1 is 1.02 bits per heavy atom. The van der Waals surface area contributed by atoms with Crippen molar-refractivity contribution < 1.29 is 33.5 Å². The topological polar surface area (TPSA) is 145 Å². The number of nitrogens with two attached hydrogens (primary N) is 1. The van der Waals surface area contributed by atoms with Crippen molar-refractivity contribution in [3.8, 4) is 11.6 Å². The molecule has 1 aliphatic heterocycles. The first kappa shape index (κ1) is 32.8. The van der Waals surface area contributed by atoms with Gasteiger partial charge in [0.2, 0.25) is 5.78 Å². The number of fused-ring (bicyclic) bond motifs is 4. The van der Waals surface area contributed by atoms with Crippen LogP contribution in [0.2, 0.25) is 5.02 Å². The molecule has 1 saturated carbocycles. The Morgan fingerprint density at radius 2 is 1.70 bits per heavy atom. The first-order chi connectivity index (χ1) is 24.2. The van der Waals surface area contributed by atoms with Gasteiger partial charge in [0.15, 0.2) is 22.9 Å². The molecule has 2 heterocycles. The van der Waals surface area contributed by atoms with Crippen LogP contribution >= 0.6 is 11.6 Å². The Bertz CT molecular complexity index is 1980. The molecular weight excluding hydrogens is 658 g/mol. The van der Waals surface area contributed by atoms with Gasteiger partial charge in [-0.3, -0.25) is 19.3 Å². The number of benzene rings is 3. The fourth-order valence-electron chi connectivity index (χ4n) is 8.65. The summed E-state index contributed by atoms with van der Waals surface area (Å²) in [6.07, 6.45) is 2.36. The third-order valence-electron chi connectivity index (χ3n) is 11.2. The summed E-state index contributed by atoms with van der Waals surface area (Å²) in [6, 6.07) is 19.8. The van der Waals surface area contributed by atoms with Crippen LogP contribution in [-0.4, -0.2) is 51.2 Å². The lowest BCUT2D eigenvalue weighted by Gasteiger charge is -2.49. The number of carbonyl (C=O) groups excluding carboxylic acids is 3. The van der Waals surface area contributed by atoms with Crippen LogP contribution in [0.15, 0.2) is 71.3 Å². The molecule has 0 spiro atoms. The Hall–Kier alpha value is -4.35. The molecule has 4 aliphatic rings. The summed E-state index contributed by atoms with van der Waals surface area (Å²) >= 11 is 7.23. The molecule has 50 heavy (non-hydrogen) atoms. The zero-order chi connectivity index (χ0) is 34.7. The Balaban J connectivity index is 1.17. The lowest BCUT2D eigenvalue weighted by molar-refractivity contribution is -0.150. The van der Waals surface area contributed by atoms with Crippen molar-refractivity contribution in [2.75, 3.05) is 13.1 Å². The summed E-state index contributed by atoms with van der Waals surface area (Å²) in [5.41, 5.74) is 7.44. The first-order valence-electron chi connectivity index (χ1n) is 17.3. The number of hydrogen-bond donors (Lipinski definition) is 2. The minimum Gasteiger partial charge on any atom is -0.488 e. The van der Waals surface area contributed by atoms with Crippen molar-refractivity contribution in [1.82, 2.24) is 10.1 Å². The number of aromatic nitrogens is 1. The van der Waals surface area contributed by atoms with Crippen molar-refractivity contribution in [3.63, 3.8) is 0 Å². The molecule has 6 unspecified atom stereocenters. The number of rotatable bonds is 8. The summed E-state index contributed by atoms with van der Waals surface area (Å²) in [5, 5.41) is 16.6. The normalized spacial score (nSPS) is 27.4. The van der Waals surface area contributed by atoms with Crippen molar-refractivity contribution in [1.29, 1.82) is 0 Å². The van der Waals surface area contributed by atoms with E-state index in [9.17, 15) is 19.5 Å². The van der Waals surface area contributed by atoms with Gasteiger partial charge in [0, 0.05) is 17.0 Å². The van der Waals surface area contributed by atoms with Crippen LogP contribution in [-0.2, 0) is 24.4 Å². The predicted octanol–water partition coefficient (Wildman–Crippen LogP) is 5.83. The van der Waals surface area contributed by atoms with Crippen LogP contribution in [0.1, 0.15) is 87.0 Å². The highest BCUT2D eigenvalue weighted by Gasteiger charge is 2.66. The van der Waals surface area contributed by atoms with Crippen LogP contribution in [0.4, 0.5) is 0 Å². The second-order valence-corrected chi connectivity index (χ2v) is 14.2. The van der Waals surface area contributed by atoms with Gasteiger partial charge in [-0.1, -0.05) is 79.2 Å². The van der Waals surface area contributed by atoms with E-state index in [2.05, 4.69) is 17.0 Å². The smallest absolute Gasteiger partial charge is 0.265 e. The molecule has 4 aromatic rings. The minimum absolute atomic E-state index is 0.0549. The highest BCUT2D eigenvalue weighted by atomic mass is 35.5. The van der Waals surface area contributed by atoms with E-state index in [1.54, 1.807) is 0 Å². The predicted molar refractivity (Wildman–Crippen MR) is 183 cm³/mol. The van der Waals surface area contributed by atoms with E-state index in [1.807, 2.05) is 66.7 Å². The van der Waals surface area contributed by atoms with Gasteiger partial charge in [0.25, 0.3) is 5.88 Å². The van der Waals surface area contributed by atoms with Gasteiger partial charge in [-0.25, -0.2) is 0 Å². The molecule has 1 aromatic heterocycles. The van der Waals surface area contributed by atoms with Crippen LogP contribution in [0.3, 0.4) is 0 Å². The number of halogens is 1. The average molecular weight is 696 g/mol. The van der Waals surface area contributed by atoms with Crippen molar-refractivity contribution in [2.45, 2.75) is 63.5 Å². The molecule has 258 valence electrons. The van der Waals surface area contributed by atoms with Gasteiger partial charge < -0.3 is 24.8 Å². The van der Waals surface area contributed by atoms with E-state index in [0.717, 1.165) is 42.6 Å². The molecule has 3 aliphatic carbocycles. The second-order valence-electron chi connectivity index (χ2n) is 13.8. The van der Waals surface area contributed by atoms with Gasteiger partial charge >= 0.3 is 0 Å². The standard InChI is InChI=1S/C39H38ClN3O7/c1-2-43-15-9-14-27(43)24-18-28(48-19-21-10-5-3-6-11-21)30-25(32(24)40)16-23-17-26-33(41)35-31(37(46)39(26,47)36(45)29(23)34(30)44)38(42-50-35)49-20-22-12-7-4-8-13-22/h3-8,10-13,18,23,26-27,29,33,47H,2,9,14-17,19-20,41H2,1H3. The molecule has 8 rings (SSSR count). The maximum atomic E-state index is 14.6. The molecule has 2 fully saturated rings. The maximum absolute atomic E-state index is 14.6. The van der Waals surface area contributed by atoms with E-state index in [0.29, 0.717) is 16.3 Å². The lowest BCUT2D eigenvalue weighted by atomic mass is 9.54. The first-order valence-corrected chi connectivity index (χ1v) is 17.6. The molecule has 10 nitrogen and oxygen atoms in total. The monoisotopic (exact) mass is 695 g/mol. The molecular formula is C39H38ClN3O7. The van der Waals surface area contributed by atoms with Crippen molar-refractivity contribution in [3.05, 3.63) is 111 Å². The number of Topliss-reactive ketones (excluding diaryl/α,β-unsaturated/α-hetero) is 3. The average Bonchev–Trinajstić information content (AvgIpc) is 3.79. The van der Waals surface area contributed by atoms with Gasteiger partial charge in [-0.2, -0.15) is 0 Å². The van der Waals surface area contributed by atoms with Crippen LogP contribution in [0.5, 0.6) is 11.6 Å². The quantitative estimate of drug-likeness (QED) is 0.216. The highest BCUT2D eigenvalue weighted by molar-refractivity contribution is 6.34. The number of likely N-dealkylation sites (tertiary alicyclic amines) is 1. The molecule has 0 radical (unpaired) electrons. The number of aliphatic hydroxyl groups is 1. The van der Waals surface area contributed by atoms with Gasteiger partial charge in [-0.05, 0) is 78.2 Å². The SMILES string of the molecule is CCN1CCCC1c1cc(OCc2ccccc2)c2c(c1Cl)CC1CC3C(N)c4onc(OCc5ccccc5)c4C(=O)C3(O)C(=O)C1C2=O. The largest absolute Gasteiger partial charge is 0.488 e. The van der Waals surface area contributed by atoms with E-state index in [1.165, 1.54) is 0 Å². The number of carbonyl (C=O) groups is 3. The number of nitrogens with zero attached hydrogens (tertiary/aromatic N) is 2. The summed E-state index contributed by atoms with van der Waals surface area (Å²) < 4.78 is 17.8. The Kier molecular flexibility index (Phi) is 8.38. The van der Waals surface area contributed by atoms with Gasteiger partial charge in [0.05, 0.1) is 17.5 Å². The van der Waals surface area contributed by atoms with Crippen LogP contribution in [0.25, 0.3) is 0 Å². The summed E-state index contributed by atoms with van der Waals surface area (Å²) in [4.78, 5) is 45.8. The molecule has 0 bridgehead atoms. The maximum Gasteiger partial charge on any atom is 0.265 e. The molecule has 3 N–H and O–H groups in total. The molecule has 0 amide bonds. The fraction of sp³-hybridized carbons (Fsp3) is 0.385. The number of ketones is 3. The molecule has 11 heteroatoms. The molecule has 6 atom stereocenters.